The van der Waals surface area contributed by atoms with Crippen LogP contribution >= 0.6 is 11.3 Å². The van der Waals surface area contributed by atoms with Crippen molar-refractivity contribution < 1.29 is 14.8 Å². The fourth-order valence-electron chi connectivity index (χ4n) is 2.55. The molecule has 0 aliphatic heterocycles. The van der Waals surface area contributed by atoms with Crippen LogP contribution in [-0.2, 0) is 6.42 Å². The third-order valence-electron chi connectivity index (χ3n) is 3.93. The normalized spacial score (nSPS) is 10.3. The van der Waals surface area contributed by atoms with Crippen LogP contribution in [0.5, 0.6) is 0 Å². The quantitative estimate of drug-likeness (QED) is 0.461. The van der Waals surface area contributed by atoms with Gasteiger partial charge in [-0.05, 0) is 46.7 Å². The zero-order valence-corrected chi connectivity index (χ0v) is 14.8. The Hall–Kier alpha value is -2.96. The molecule has 0 unspecified atom stereocenters. The van der Waals surface area contributed by atoms with E-state index in [0.717, 1.165) is 16.7 Å². The minimum Gasteiger partial charge on any atom is -0.352 e. The molecule has 0 radical (unpaired) electrons. The van der Waals surface area contributed by atoms with Crippen LogP contribution in [0.4, 0.5) is 0 Å². The van der Waals surface area contributed by atoms with E-state index in [4.69, 9.17) is 5.21 Å². The van der Waals surface area contributed by atoms with Gasteiger partial charge in [0.15, 0.2) is 0 Å². The molecule has 0 fully saturated rings. The third kappa shape index (κ3) is 4.36. The van der Waals surface area contributed by atoms with Gasteiger partial charge in [-0.1, -0.05) is 42.5 Å². The van der Waals surface area contributed by atoms with E-state index in [-0.39, 0.29) is 5.91 Å². The lowest BCUT2D eigenvalue weighted by Gasteiger charge is -2.06. The maximum Gasteiger partial charge on any atom is 0.284 e. The molecule has 0 atom stereocenters. The van der Waals surface area contributed by atoms with E-state index in [1.807, 2.05) is 60.0 Å². The van der Waals surface area contributed by atoms with Crippen LogP contribution in [0.15, 0.2) is 66.0 Å². The highest BCUT2D eigenvalue weighted by Crippen LogP contribution is 2.19. The Balaban J connectivity index is 1.53. The van der Waals surface area contributed by atoms with Crippen LogP contribution in [0.3, 0.4) is 0 Å². The second-order valence-corrected chi connectivity index (χ2v) is 6.62. The summed E-state index contributed by atoms with van der Waals surface area (Å²) in [6.45, 7) is 0.468. The lowest BCUT2D eigenvalue weighted by Crippen LogP contribution is -2.25. The third-order valence-corrected chi connectivity index (χ3v) is 4.91. The van der Waals surface area contributed by atoms with Crippen LogP contribution < -0.4 is 10.8 Å². The topological polar surface area (TPSA) is 78.4 Å². The molecule has 2 aromatic carbocycles. The van der Waals surface area contributed by atoms with Crippen molar-refractivity contribution in [1.82, 2.24) is 10.8 Å². The van der Waals surface area contributed by atoms with Gasteiger partial charge in [0, 0.05) is 12.1 Å². The van der Waals surface area contributed by atoms with Crippen molar-refractivity contribution in [2.75, 3.05) is 6.54 Å². The van der Waals surface area contributed by atoms with Crippen molar-refractivity contribution in [1.29, 1.82) is 0 Å². The second kappa shape index (κ2) is 8.42. The zero-order chi connectivity index (χ0) is 18.4. The van der Waals surface area contributed by atoms with Crippen molar-refractivity contribution in [3.8, 4) is 11.1 Å². The van der Waals surface area contributed by atoms with Crippen molar-refractivity contribution in [3.05, 3.63) is 82.0 Å². The van der Waals surface area contributed by atoms with Crippen LogP contribution in [0.1, 0.15) is 25.6 Å². The molecule has 132 valence electrons. The van der Waals surface area contributed by atoms with E-state index in [0.29, 0.717) is 23.4 Å². The predicted molar refractivity (Wildman–Crippen MR) is 101 cm³/mol. The summed E-state index contributed by atoms with van der Waals surface area (Å²) in [5, 5.41) is 13.3. The smallest absolute Gasteiger partial charge is 0.284 e. The van der Waals surface area contributed by atoms with Crippen molar-refractivity contribution >= 4 is 23.2 Å². The molecule has 3 rings (SSSR count). The van der Waals surface area contributed by atoms with Crippen molar-refractivity contribution in [2.45, 2.75) is 6.42 Å². The lowest BCUT2D eigenvalue weighted by atomic mass is 10.0. The van der Waals surface area contributed by atoms with Gasteiger partial charge >= 0.3 is 0 Å². The number of carbonyl (C=O) groups is 2. The largest absolute Gasteiger partial charge is 0.352 e. The summed E-state index contributed by atoms with van der Waals surface area (Å²) in [7, 11) is 0. The first-order chi connectivity index (χ1) is 12.7. The van der Waals surface area contributed by atoms with Gasteiger partial charge in [-0.25, -0.2) is 5.48 Å². The molecule has 5 nitrogen and oxygen atoms in total. The number of hydroxylamine groups is 1. The number of benzene rings is 2. The van der Waals surface area contributed by atoms with Crippen LogP contribution in [0, 0.1) is 0 Å². The van der Waals surface area contributed by atoms with E-state index >= 15 is 0 Å². The number of rotatable bonds is 6. The molecule has 0 spiro atoms. The average Bonchev–Trinajstić information content (AvgIpc) is 3.17. The van der Waals surface area contributed by atoms with E-state index in [9.17, 15) is 9.59 Å². The molecule has 26 heavy (non-hydrogen) atoms. The summed E-state index contributed by atoms with van der Waals surface area (Å²) < 4.78 is 0. The molecule has 3 aromatic rings. The number of hydrogen-bond acceptors (Lipinski definition) is 4. The monoisotopic (exact) mass is 366 g/mol. The molecule has 0 aliphatic carbocycles. The maximum atomic E-state index is 12.2. The van der Waals surface area contributed by atoms with Crippen molar-refractivity contribution in [2.24, 2.45) is 0 Å². The molecular weight excluding hydrogens is 348 g/mol. The Morgan fingerprint density at radius 3 is 2.31 bits per heavy atom. The predicted octanol–water partition coefficient (Wildman–Crippen LogP) is 3.51. The van der Waals surface area contributed by atoms with E-state index in [2.05, 4.69) is 5.32 Å². The van der Waals surface area contributed by atoms with Gasteiger partial charge < -0.3 is 5.32 Å². The summed E-state index contributed by atoms with van der Waals surface area (Å²) in [5.74, 6) is -0.656. The highest BCUT2D eigenvalue weighted by atomic mass is 32.1. The Bertz CT molecular complexity index is 889. The lowest BCUT2D eigenvalue weighted by molar-refractivity contribution is 0.0710. The molecule has 1 aromatic heterocycles. The number of nitrogens with one attached hydrogen (secondary N) is 2. The number of thiophene rings is 1. The number of carbonyl (C=O) groups excluding carboxylic acids is 2. The Morgan fingerprint density at radius 1 is 0.923 bits per heavy atom. The Labute approximate surface area is 155 Å². The summed E-state index contributed by atoms with van der Waals surface area (Å²) in [6.07, 6.45) is 0.614. The highest BCUT2D eigenvalue weighted by Gasteiger charge is 2.09. The standard InChI is InChI=1S/C20H18N2O3S/c23-19(21-11-10-14-12-18(26-13-14)20(24)22-25)17-8-6-16(7-9-17)15-4-2-1-3-5-15/h1-9,12-13,25H,10-11H2,(H,21,23)(H,22,24). The molecule has 0 saturated heterocycles. The number of amides is 2. The summed E-state index contributed by atoms with van der Waals surface area (Å²) in [4.78, 5) is 24.0. The molecule has 0 saturated carbocycles. The highest BCUT2D eigenvalue weighted by molar-refractivity contribution is 7.12. The first kappa shape index (κ1) is 17.8. The van der Waals surface area contributed by atoms with E-state index in [1.54, 1.807) is 11.5 Å². The van der Waals surface area contributed by atoms with E-state index < -0.39 is 5.91 Å². The first-order valence-electron chi connectivity index (χ1n) is 8.13. The fraction of sp³-hybridized carbons (Fsp3) is 0.100. The minimum atomic E-state index is -0.524. The van der Waals surface area contributed by atoms with E-state index in [1.165, 1.54) is 11.3 Å². The van der Waals surface area contributed by atoms with Gasteiger partial charge in [0.2, 0.25) is 0 Å². The Morgan fingerprint density at radius 2 is 1.62 bits per heavy atom. The SMILES string of the molecule is O=C(NCCc1csc(C(=O)NO)c1)c1ccc(-c2ccccc2)cc1. The second-order valence-electron chi connectivity index (χ2n) is 5.71. The van der Waals surface area contributed by atoms with Gasteiger partial charge in [0.05, 0.1) is 4.88 Å². The van der Waals surface area contributed by atoms with Crippen LogP contribution in [-0.4, -0.2) is 23.6 Å². The zero-order valence-electron chi connectivity index (χ0n) is 13.9. The van der Waals surface area contributed by atoms with Crippen LogP contribution in [0.25, 0.3) is 11.1 Å². The first-order valence-corrected chi connectivity index (χ1v) is 9.01. The summed E-state index contributed by atoms with van der Waals surface area (Å²) in [6, 6.07) is 19.2. The molecule has 6 heteroatoms. The maximum absolute atomic E-state index is 12.2. The van der Waals surface area contributed by atoms with Gasteiger partial charge in [0.1, 0.15) is 0 Å². The summed E-state index contributed by atoms with van der Waals surface area (Å²) in [5.41, 5.74) is 5.33. The Kier molecular flexibility index (Phi) is 5.78. The van der Waals surface area contributed by atoms with Gasteiger partial charge in [-0.2, -0.15) is 0 Å². The molecule has 3 N–H and O–H groups in total. The fourth-order valence-corrected chi connectivity index (χ4v) is 3.38. The molecule has 2 amide bonds. The van der Waals surface area contributed by atoms with Gasteiger partial charge in [-0.3, -0.25) is 14.8 Å². The minimum absolute atomic E-state index is 0.131. The van der Waals surface area contributed by atoms with Crippen LogP contribution in [0.2, 0.25) is 0 Å². The molecule has 0 bridgehead atoms. The van der Waals surface area contributed by atoms with Crippen molar-refractivity contribution in [3.63, 3.8) is 0 Å². The average molecular weight is 366 g/mol. The molecular formula is C20H18N2O3S. The van der Waals surface area contributed by atoms with Gasteiger partial charge in [0.25, 0.3) is 11.8 Å². The number of hydrogen-bond donors (Lipinski definition) is 3. The molecule has 1 heterocycles. The molecule has 0 aliphatic rings. The van der Waals surface area contributed by atoms with Gasteiger partial charge in [-0.15, -0.1) is 11.3 Å². The summed E-state index contributed by atoms with van der Waals surface area (Å²) >= 11 is 1.25.